The van der Waals surface area contributed by atoms with E-state index >= 15 is 0 Å². The molecule has 5 nitrogen and oxygen atoms in total. The smallest absolute Gasteiger partial charge is 0.291 e. The molecule has 0 unspecified atom stereocenters. The van der Waals surface area contributed by atoms with Crippen LogP contribution < -0.4 is 0 Å². The van der Waals surface area contributed by atoms with Crippen molar-refractivity contribution in [3.63, 3.8) is 0 Å². The lowest BCUT2D eigenvalue weighted by atomic mass is 10.4. The van der Waals surface area contributed by atoms with E-state index in [9.17, 15) is 4.79 Å². The number of rotatable bonds is 4. The summed E-state index contributed by atoms with van der Waals surface area (Å²) in [4.78, 5) is 23.7. The molecule has 0 saturated heterocycles. The molecular formula is C9H15N3O2. The van der Waals surface area contributed by atoms with Crippen LogP contribution in [0.2, 0.25) is 0 Å². The Morgan fingerprint density at radius 1 is 1.50 bits per heavy atom. The predicted octanol–water partition coefficient (Wildman–Crippen LogP) is 0.681. The van der Waals surface area contributed by atoms with Gasteiger partial charge < -0.3 is 0 Å². The molecule has 14 heavy (non-hydrogen) atoms. The van der Waals surface area contributed by atoms with Crippen LogP contribution in [0.4, 0.5) is 0 Å². The summed E-state index contributed by atoms with van der Waals surface area (Å²) in [6.45, 7) is 1.62. The third-order valence-corrected chi connectivity index (χ3v) is 1.46. The van der Waals surface area contributed by atoms with Crippen LogP contribution >= 0.6 is 0 Å². The van der Waals surface area contributed by atoms with Crippen LogP contribution in [0.15, 0.2) is 22.3 Å². The van der Waals surface area contributed by atoms with Gasteiger partial charge in [-0.05, 0) is 13.0 Å². The van der Waals surface area contributed by atoms with Crippen molar-refractivity contribution in [1.29, 1.82) is 0 Å². The number of carbonyl (C=O) groups excluding carboxylic acids is 1. The topological polar surface area (TPSA) is 54.3 Å². The van der Waals surface area contributed by atoms with E-state index in [-0.39, 0.29) is 5.91 Å². The maximum absolute atomic E-state index is 11.3. The van der Waals surface area contributed by atoms with Gasteiger partial charge in [0.25, 0.3) is 5.91 Å². The van der Waals surface area contributed by atoms with Gasteiger partial charge >= 0.3 is 0 Å². The van der Waals surface area contributed by atoms with Gasteiger partial charge in [0, 0.05) is 26.5 Å². The maximum Gasteiger partial charge on any atom is 0.291 e. The van der Waals surface area contributed by atoms with Crippen molar-refractivity contribution >= 4 is 17.8 Å². The summed E-state index contributed by atoms with van der Waals surface area (Å²) in [5, 5.41) is 1.11. The van der Waals surface area contributed by atoms with E-state index in [0.29, 0.717) is 5.71 Å². The Hall–Kier alpha value is -1.49. The van der Waals surface area contributed by atoms with Crippen molar-refractivity contribution in [1.82, 2.24) is 5.06 Å². The zero-order valence-electron chi connectivity index (χ0n) is 8.89. The molecule has 0 aromatic rings. The number of aliphatic imine (C=N–C) groups is 2. The average Bonchev–Trinajstić information content (AvgIpc) is 2.21. The van der Waals surface area contributed by atoms with E-state index < -0.39 is 0 Å². The fourth-order valence-electron chi connectivity index (χ4n) is 0.645. The summed E-state index contributed by atoms with van der Waals surface area (Å²) < 4.78 is 0. The van der Waals surface area contributed by atoms with Gasteiger partial charge in [-0.2, -0.15) is 0 Å². The fourth-order valence-corrected chi connectivity index (χ4v) is 0.645. The van der Waals surface area contributed by atoms with Crippen molar-refractivity contribution in [3.8, 4) is 0 Å². The van der Waals surface area contributed by atoms with E-state index in [2.05, 4.69) is 9.98 Å². The molecule has 1 amide bonds. The Bertz CT molecular complexity index is 269. The number of allylic oxidation sites excluding steroid dienone is 1. The fraction of sp³-hybridized carbons (Fsp3) is 0.444. The molecule has 0 aromatic carbocycles. The summed E-state index contributed by atoms with van der Waals surface area (Å²) in [6, 6.07) is 0. The highest BCUT2D eigenvalue weighted by atomic mass is 16.7. The first-order valence-electron chi connectivity index (χ1n) is 4.07. The summed E-state index contributed by atoms with van der Waals surface area (Å²) in [6.07, 6.45) is 4.73. The normalized spacial score (nSPS) is 12.7. The van der Waals surface area contributed by atoms with Crippen molar-refractivity contribution in [2.45, 2.75) is 6.92 Å². The second-order valence-corrected chi connectivity index (χ2v) is 2.45. The number of hydrogen-bond acceptors (Lipinski definition) is 4. The number of amides is 1. The molecule has 0 radical (unpaired) electrons. The molecule has 0 heterocycles. The second-order valence-electron chi connectivity index (χ2n) is 2.45. The van der Waals surface area contributed by atoms with Crippen LogP contribution in [0.5, 0.6) is 0 Å². The molecule has 0 bridgehead atoms. The van der Waals surface area contributed by atoms with Gasteiger partial charge in [-0.3, -0.25) is 19.6 Å². The Labute approximate surface area is 83.7 Å². The van der Waals surface area contributed by atoms with Gasteiger partial charge in [-0.15, -0.1) is 0 Å². The second kappa shape index (κ2) is 6.97. The molecule has 0 N–H and O–H groups in total. The molecule has 5 heteroatoms. The molecule has 0 aliphatic rings. The minimum absolute atomic E-state index is 0.273. The Morgan fingerprint density at radius 3 is 2.64 bits per heavy atom. The van der Waals surface area contributed by atoms with Crippen molar-refractivity contribution in [2.24, 2.45) is 9.98 Å². The largest absolute Gasteiger partial charge is 0.296 e. The third kappa shape index (κ3) is 4.51. The molecule has 0 spiro atoms. The van der Waals surface area contributed by atoms with Crippen LogP contribution in [0.25, 0.3) is 0 Å². The standard InChI is InChI=1S/C9H15N3O2/c1-8(9(13)12(3)14-4)11-7-5-6-10-2/h5-7H,1-4H3/b7-5-,10-6-,11-8+. The van der Waals surface area contributed by atoms with E-state index in [1.165, 1.54) is 20.4 Å². The maximum atomic E-state index is 11.3. The highest BCUT2D eigenvalue weighted by molar-refractivity contribution is 6.37. The molecule has 0 aliphatic carbocycles. The SMILES string of the molecule is C\N=C/C=C\N=C(/C)C(=O)N(C)OC. The van der Waals surface area contributed by atoms with Gasteiger partial charge in [0.15, 0.2) is 0 Å². The van der Waals surface area contributed by atoms with Gasteiger partial charge in [0.2, 0.25) is 0 Å². The average molecular weight is 197 g/mol. The zero-order valence-corrected chi connectivity index (χ0v) is 8.89. The summed E-state index contributed by atoms with van der Waals surface area (Å²) in [7, 11) is 4.61. The van der Waals surface area contributed by atoms with Gasteiger partial charge in [0.05, 0.1) is 7.11 Å². The van der Waals surface area contributed by atoms with Crippen LogP contribution in [-0.2, 0) is 9.63 Å². The van der Waals surface area contributed by atoms with Crippen molar-refractivity contribution in [3.05, 3.63) is 12.3 Å². The van der Waals surface area contributed by atoms with E-state index in [1.807, 2.05) is 0 Å². The van der Waals surface area contributed by atoms with Crippen LogP contribution in [0.1, 0.15) is 6.92 Å². The molecule has 0 aliphatic heterocycles. The molecule has 0 fully saturated rings. The lowest BCUT2D eigenvalue weighted by Gasteiger charge is -2.12. The Kier molecular flexibility index (Phi) is 6.22. The minimum Gasteiger partial charge on any atom is -0.296 e. The molecule has 0 aromatic heterocycles. The quantitative estimate of drug-likeness (QED) is 0.491. The molecular weight excluding hydrogens is 182 g/mol. The molecule has 0 saturated carbocycles. The third-order valence-electron chi connectivity index (χ3n) is 1.46. The van der Waals surface area contributed by atoms with Crippen molar-refractivity contribution < 1.29 is 9.63 Å². The summed E-state index contributed by atoms with van der Waals surface area (Å²) in [5.74, 6) is -0.273. The highest BCUT2D eigenvalue weighted by Gasteiger charge is 2.10. The predicted molar refractivity (Wildman–Crippen MR) is 56.4 cm³/mol. The monoisotopic (exact) mass is 197 g/mol. The lowest BCUT2D eigenvalue weighted by Crippen LogP contribution is -2.30. The van der Waals surface area contributed by atoms with Crippen LogP contribution in [-0.4, -0.2) is 44.1 Å². The first-order chi connectivity index (χ1) is 6.63. The van der Waals surface area contributed by atoms with Gasteiger partial charge in [-0.25, -0.2) is 5.06 Å². The highest BCUT2D eigenvalue weighted by Crippen LogP contribution is 1.89. The van der Waals surface area contributed by atoms with E-state index in [1.54, 1.807) is 26.3 Å². The molecule has 0 rings (SSSR count). The molecule has 0 atom stereocenters. The van der Waals surface area contributed by atoms with E-state index in [0.717, 1.165) is 5.06 Å². The van der Waals surface area contributed by atoms with Crippen LogP contribution in [0.3, 0.4) is 0 Å². The minimum atomic E-state index is -0.273. The lowest BCUT2D eigenvalue weighted by molar-refractivity contribution is -0.160. The summed E-state index contributed by atoms with van der Waals surface area (Å²) >= 11 is 0. The summed E-state index contributed by atoms with van der Waals surface area (Å²) in [5.41, 5.74) is 0.357. The van der Waals surface area contributed by atoms with Crippen LogP contribution in [0, 0.1) is 0 Å². The zero-order chi connectivity index (χ0) is 11.0. The first kappa shape index (κ1) is 12.5. The number of hydrogen-bond donors (Lipinski definition) is 0. The Balaban J connectivity index is 4.30. The van der Waals surface area contributed by atoms with Gasteiger partial charge in [-0.1, -0.05) is 0 Å². The Morgan fingerprint density at radius 2 is 2.14 bits per heavy atom. The van der Waals surface area contributed by atoms with Gasteiger partial charge in [0.1, 0.15) is 5.71 Å². The first-order valence-corrected chi connectivity index (χ1v) is 4.07. The number of hydroxylamine groups is 2. The van der Waals surface area contributed by atoms with Crippen molar-refractivity contribution in [2.75, 3.05) is 21.2 Å². The molecule has 78 valence electrons. The number of carbonyl (C=O) groups is 1. The number of nitrogens with zero attached hydrogens (tertiary/aromatic N) is 3. The van der Waals surface area contributed by atoms with E-state index in [4.69, 9.17) is 4.84 Å².